The Morgan fingerprint density at radius 1 is 1.04 bits per heavy atom. The zero-order valence-corrected chi connectivity index (χ0v) is 12.6. The Kier molecular flexibility index (Phi) is 4.01. The van der Waals surface area contributed by atoms with Crippen molar-refractivity contribution in [3.63, 3.8) is 0 Å². The standard InChI is InChI=1S/C16H14N4O3/c1-22-11-3-4-14(23-2)12(8-11)20-16(21)10-7-13-15(19-9-10)18-6-5-17-13/h3-9H,1-2H3,(H,20,21). The number of fused-ring (bicyclic) bond motifs is 1. The molecule has 23 heavy (non-hydrogen) atoms. The van der Waals surface area contributed by atoms with Crippen molar-refractivity contribution in [2.24, 2.45) is 0 Å². The highest BCUT2D eigenvalue weighted by Crippen LogP contribution is 2.29. The first-order valence-corrected chi connectivity index (χ1v) is 6.81. The van der Waals surface area contributed by atoms with Gasteiger partial charge < -0.3 is 14.8 Å². The largest absolute Gasteiger partial charge is 0.497 e. The third-order valence-corrected chi connectivity index (χ3v) is 3.24. The van der Waals surface area contributed by atoms with Crippen molar-refractivity contribution in [3.05, 3.63) is 48.4 Å². The number of anilines is 1. The van der Waals surface area contributed by atoms with Crippen molar-refractivity contribution in [1.82, 2.24) is 15.0 Å². The maximum atomic E-state index is 12.4. The van der Waals surface area contributed by atoms with Crippen LogP contribution in [0, 0.1) is 0 Å². The molecule has 0 aliphatic heterocycles. The molecule has 3 aromatic rings. The lowest BCUT2D eigenvalue weighted by Crippen LogP contribution is -2.13. The van der Waals surface area contributed by atoms with Crippen LogP contribution in [0.3, 0.4) is 0 Å². The molecular weight excluding hydrogens is 296 g/mol. The zero-order valence-electron chi connectivity index (χ0n) is 12.6. The van der Waals surface area contributed by atoms with Gasteiger partial charge in [0.15, 0.2) is 5.65 Å². The topological polar surface area (TPSA) is 86.2 Å². The number of pyridine rings is 1. The summed E-state index contributed by atoms with van der Waals surface area (Å²) in [6.45, 7) is 0. The summed E-state index contributed by atoms with van der Waals surface area (Å²) >= 11 is 0. The van der Waals surface area contributed by atoms with E-state index in [0.29, 0.717) is 33.9 Å². The van der Waals surface area contributed by atoms with Gasteiger partial charge in [0, 0.05) is 24.7 Å². The lowest BCUT2D eigenvalue weighted by atomic mass is 10.2. The SMILES string of the molecule is COc1ccc(OC)c(NC(=O)c2cnc3nccnc3c2)c1. The number of amides is 1. The second-order valence-electron chi connectivity index (χ2n) is 4.64. The van der Waals surface area contributed by atoms with Crippen LogP contribution in [0.2, 0.25) is 0 Å². The summed E-state index contributed by atoms with van der Waals surface area (Å²) in [6, 6.07) is 6.79. The second-order valence-corrected chi connectivity index (χ2v) is 4.64. The number of carbonyl (C=O) groups excluding carboxylic acids is 1. The normalized spacial score (nSPS) is 10.3. The van der Waals surface area contributed by atoms with E-state index in [1.54, 1.807) is 43.8 Å². The Morgan fingerprint density at radius 2 is 1.87 bits per heavy atom. The molecule has 1 amide bonds. The van der Waals surface area contributed by atoms with Crippen molar-refractivity contribution in [2.75, 3.05) is 19.5 Å². The highest BCUT2D eigenvalue weighted by molar-refractivity contribution is 6.06. The van der Waals surface area contributed by atoms with Crippen LogP contribution in [-0.4, -0.2) is 35.1 Å². The van der Waals surface area contributed by atoms with E-state index in [2.05, 4.69) is 20.3 Å². The quantitative estimate of drug-likeness (QED) is 0.795. The Labute approximate surface area is 132 Å². The number of methoxy groups -OCH3 is 2. The van der Waals surface area contributed by atoms with Crippen LogP contribution in [0.25, 0.3) is 11.2 Å². The van der Waals surface area contributed by atoms with Crippen molar-refractivity contribution >= 4 is 22.8 Å². The minimum atomic E-state index is -0.323. The maximum absolute atomic E-state index is 12.4. The van der Waals surface area contributed by atoms with Gasteiger partial charge in [-0.05, 0) is 18.2 Å². The Bertz CT molecular complexity index is 867. The summed E-state index contributed by atoms with van der Waals surface area (Å²) in [7, 11) is 3.09. The van der Waals surface area contributed by atoms with E-state index in [1.807, 2.05) is 0 Å². The first-order valence-electron chi connectivity index (χ1n) is 6.81. The highest BCUT2D eigenvalue weighted by atomic mass is 16.5. The molecule has 0 fully saturated rings. The third-order valence-electron chi connectivity index (χ3n) is 3.24. The maximum Gasteiger partial charge on any atom is 0.257 e. The van der Waals surface area contributed by atoms with Crippen LogP contribution in [0.1, 0.15) is 10.4 Å². The third kappa shape index (κ3) is 3.03. The number of carbonyl (C=O) groups is 1. The fraction of sp³-hybridized carbons (Fsp3) is 0.125. The molecule has 116 valence electrons. The molecule has 0 atom stereocenters. The lowest BCUT2D eigenvalue weighted by Gasteiger charge is -2.11. The number of hydrogen-bond donors (Lipinski definition) is 1. The van der Waals surface area contributed by atoms with Gasteiger partial charge in [-0.25, -0.2) is 9.97 Å². The Hall–Kier alpha value is -3.22. The molecule has 1 N–H and O–H groups in total. The number of aromatic nitrogens is 3. The van der Waals surface area contributed by atoms with E-state index in [4.69, 9.17) is 9.47 Å². The number of rotatable bonds is 4. The molecule has 3 rings (SSSR count). The first-order chi connectivity index (χ1) is 11.2. The summed E-state index contributed by atoms with van der Waals surface area (Å²) in [5.41, 5.74) is 1.93. The number of nitrogens with one attached hydrogen (secondary N) is 1. The molecule has 7 heteroatoms. The number of ether oxygens (including phenoxy) is 2. The van der Waals surface area contributed by atoms with Gasteiger partial charge in [-0.15, -0.1) is 0 Å². The van der Waals surface area contributed by atoms with E-state index >= 15 is 0 Å². The molecule has 7 nitrogen and oxygen atoms in total. The van der Waals surface area contributed by atoms with Crippen LogP contribution in [0.5, 0.6) is 11.5 Å². The summed E-state index contributed by atoms with van der Waals surface area (Å²) < 4.78 is 10.4. The number of hydrogen-bond acceptors (Lipinski definition) is 6. The fourth-order valence-electron chi connectivity index (χ4n) is 2.09. The average molecular weight is 310 g/mol. The van der Waals surface area contributed by atoms with Gasteiger partial charge in [0.05, 0.1) is 25.5 Å². The molecule has 0 aliphatic carbocycles. The van der Waals surface area contributed by atoms with Crippen LogP contribution >= 0.6 is 0 Å². The van der Waals surface area contributed by atoms with Gasteiger partial charge in [0.25, 0.3) is 5.91 Å². The van der Waals surface area contributed by atoms with Crippen molar-refractivity contribution in [1.29, 1.82) is 0 Å². The second kappa shape index (κ2) is 6.27. The van der Waals surface area contributed by atoms with Gasteiger partial charge in [0.1, 0.15) is 17.0 Å². The minimum Gasteiger partial charge on any atom is -0.497 e. The van der Waals surface area contributed by atoms with E-state index in [0.717, 1.165) is 0 Å². The molecule has 0 unspecified atom stereocenters. The molecule has 0 bridgehead atoms. The zero-order chi connectivity index (χ0) is 16.2. The fourth-order valence-corrected chi connectivity index (χ4v) is 2.09. The summed E-state index contributed by atoms with van der Waals surface area (Å²) in [6.07, 6.45) is 4.56. The van der Waals surface area contributed by atoms with E-state index in [-0.39, 0.29) is 5.91 Å². The molecule has 0 aliphatic rings. The summed E-state index contributed by atoms with van der Waals surface area (Å²) in [4.78, 5) is 24.8. The van der Waals surface area contributed by atoms with Crippen LogP contribution < -0.4 is 14.8 Å². The molecular formula is C16H14N4O3. The summed E-state index contributed by atoms with van der Waals surface area (Å²) in [5.74, 6) is 0.827. The van der Waals surface area contributed by atoms with Gasteiger partial charge in [-0.3, -0.25) is 9.78 Å². The predicted octanol–water partition coefficient (Wildman–Crippen LogP) is 2.29. The van der Waals surface area contributed by atoms with Crippen molar-refractivity contribution < 1.29 is 14.3 Å². The van der Waals surface area contributed by atoms with Gasteiger partial charge in [-0.1, -0.05) is 0 Å². The number of benzene rings is 1. The Balaban J connectivity index is 1.91. The van der Waals surface area contributed by atoms with Gasteiger partial charge >= 0.3 is 0 Å². The van der Waals surface area contributed by atoms with Crippen molar-refractivity contribution in [3.8, 4) is 11.5 Å². The van der Waals surface area contributed by atoms with E-state index < -0.39 is 0 Å². The van der Waals surface area contributed by atoms with Crippen molar-refractivity contribution in [2.45, 2.75) is 0 Å². The molecule has 0 spiro atoms. The molecule has 0 saturated heterocycles. The predicted molar refractivity (Wildman–Crippen MR) is 84.8 cm³/mol. The first kappa shape index (κ1) is 14.7. The molecule has 1 aromatic carbocycles. The van der Waals surface area contributed by atoms with E-state index in [1.165, 1.54) is 13.3 Å². The molecule has 2 heterocycles. The van der Waals surface area contributed by atoms with E-state index in [9.17, 15) is 4.79 Å². The van der Waals surface area contributed by atoms with Crippen LogP contribution in [0.4, 0.5) is 5.69 Å². The van der Waals surface area contributed by atoms with Crippen LogP contribution in [-0.2, 0) is 0 Å². The van der Waals surface area contributed by atoms with Crippen LogP contribution in [0.15, 0.2) is 42.9 Å². The monoisotopic (exact) mass is 310 g/mol. The summed E-state index contributed by atoms with van der Waals surface area (Å²) in [5, 5.41) is 2.79. The number of nitrogens with zero attached hydrogens (tertiary/aromatic N) is 3. The molecule has 0 radical (unpaired) electrons. The lowest BCUT2D eigenvalue weighted by molar-refractivity contribution is 0.102. The molecule has 2 aromatic heterocycles. The van der Waals surface area contributed by atoms with Gasteiger partial charge in [-0.2, -0.15) is 0 Å². The smallest absolute Gasteiger partial charge is 0.257 e. The minimum absolute atomic E-state index is 0.323. The van der Waals surface area contributed by atoms with Gasteiger partial charge in [0.2, 0.25) is 0 Å². The molecule has 0 saturated carbocycles. The average Bonchev–Trinajstić information content (AvgIpc) is 2.61. The highest BCUT2D eigenvalue weighted by Gasteiger charge is 2.12. The Morgan fingerprint density at radius 3 is 2.65 bits per heavy atom.